The lowest BCUT2D eigenvalue weighted by Crippen LogP contribution is -2.02. The summed E-state index contributed by atoms with van der Waals surface area (Å²) in [4.78, 5) is 11.3. The first-order valence-electron chi connectivity index (χ1n) is 5.74. The van der Waals surface area contributed by atoms with Crippen LogP contribution in [-0.2, 0) is 11.2 Å². The summed E-state index contributed by atoms with van der Waals surface area (Å²) in [5.41, 5.74) is 1.69. The highest BCUT2D eigenvalue weighted by atomic mass is 16.5. The average Bonchev–Trinajstić information content (AvgIpc) is 2.38. The quantitative estimate of drug-likeness (QED) is 0.732. The second-order valence-electron chi connectivity index (χ2n) is 4.11. The molecule has 0 radical (unpaired) electrons. The second kappa shape index (κ2) is 6.70. The van der Waals surface area contributed by atoms with E-state index in [1.54, 1.807) is 6.07 Å². The molecule has 0 saturated heterocycles. The summed E-state index contributed by atoms with van der Waals surface area (Å²) < 4.78 is 4.67. The molecule has 0 aliphatic carbocycles. The average molecular weight is 231 g/mol. The van der Waals surface area contributed by atoms with Crippen molar-refractivity contribution in [1.82, 2.24) is 0 Å². The molecular weight excluding hydrogens is 214 g/mol. The van der Waals surface area contributed by atoms with Crippen molar-refractivity contribution < 1.29 is 9.53 Å². The molecule has 0 unspecified atom stereocenters. The van der Waals surface area contributed by atoms with Crippen LogP contribution in [0.5, 0.6) is 0 Å². The number of benzene rings is 1. The standard InChI is InChI=1S/C14H17NO2/c1-11(10-15)5-3-6-12-7-4-8-13(9-12)14(16)17-2/h4,7-9,11H,3,5-6H2,1-2H3/t11-/m0/s1. The van der Waals surface area contributed by atoms with Gasteiger partial charge in [0, 0.05) is 5.92 Å². The van der Waals surface area contributed by atoms with E-state index in [9.17, 15) is 4.79 Å². The number of carbonyl (C=O) groups excluding carboxylic acids is 1. The van der Waals surface area contributed by atoms with Crippen LogP contribution in [0.25, 0.3) is 0 Å². The molecule has 0 fully saturated rings. The number of nitrogens with zero attached hydrogens (tertiary/aromatic N) is 1. The van der Waals surface area contributed by atoms with E-state index in [0.29, 0.717) is 5.56 Å². The molecule has 0 N–H and O–H groups in total. The zero-order chi connectivity index (χ0) is 12.7. The van der Waals surface area contributed by atoms with Crippen LogP contribution >= 0.6 is 0 Å². The summed E-state index contributed by atoms with van der Waals surface area (Å²) in [7, 11) is 1.38. The summed E-state index contributed by atoms with van der Waals surface area (Å²) in [6, 6.07) is 9.66. The van der Waals surface area contributed by atoms with Crippen molar-refractivity contribution in [2.24, 2.45) is 5.92 Å². The van der Waals surface area contributed by atoms with Gasteiger partial charge in [0.25, 0.3) is 0 Å². The Morgan fingerprint density at radius 3 is 2.94 bits per heavy atom. The number of hydrogen-bond acceptors (Lipinski definition) is 3. The zero-order valence-electron chi connectivity index (χ0n) is 10.3. The summed E-state index contributed by atoms with van der Waals surface area (Å²) in [6.07, 6.45) is 2.73. The topological polar surface area (TPSA) is 50.1 Å². The van der Waals surface area contributed by atoms with E-state index < -0.39 is 0 Å². The van der Waals surface area contributed by atoms with Gasteiger partial charge in [0.1, 0.15) is 0 Å². The molecule has 3 heteroatoms. The number of rotatable bonds is 5. The summed E-state index contributed by atoms with van der Waals surface area (Å²) in [5.74, 6) is -0.212. The van der Waals surface area contributed by atoms with E-state index in [2.05, 4.69) is 10.8 Å². The van der Waals surface area contributed by atoms with E-state index in [-0.39, 0.29) is 11.9 Å². The number of hydrogen-bond donors (Lipinski definition) is 0. The third-order valence-electron chi connectivity index (χ3n) is 2.67. The molecule has 0 aromatic heterocycles. The first-order chi connectivity index (χ1) is 8.17. The van der Waals surface area contributed by atoms with Gasteiger partial charge in [-0.1, -0.05) is 12.1 Å². The van der Waals surface area contributed by atoms with Crippen LogP contribution in [0.2, 0.25) is 0 Å². The van der Waals surface area contributed by atoms with Gasteiger partial charge in [0.05, 0.1) is 18.7 Å². The normalized spacial score (nSPS) is 11.6. The maximum atomic E-state index is 11.3. The van der Waals surface area contributed by atoms with Crippen molar-refractivity contribution in [2.75, 3.05) is 7.11 Å². The Morgan fingerprint density at radius 1 is 1.53 bits per heavy atom. The lowest BCUT2D eigenvalue weighted by atomic mass is 10.0. The fraction of sp³-hybridized carbons (Fsp3) is 0.429. The lowest BCUT2D eigenvalue weighted by Gasteiger charge is -2.05. The highest BCUT2D eigenvalue weighted by Gasteiger charge is 2.06. The van der Waals surface area contributed by atoms with Crippen LogP contribution < -0.4 is 0 Å². The van der Waals surface area contributed by atoms with Crippen LogP contribution in [0, 0.1) is 17.2 Å². The predicted octanol–water partition coefficient (Wildman–Crippen LogP) is 2.96. The molecule has 0 heterocycles. The molecule has 3 nitrogen and oxygen atoms in total. The minimum Gasteiger partial charge on any atom is -0.465 e. The SMILES string of the molecule is COC(=O)c1cccc(CCC[C@H](C)C#N)c1. The molecule has 0 spiro atoms. The summed E-state index contributed by atoms with van der Waals surface area (Å²) in [5, 5.41) is 8.67. The minimum absolute atomic E-state index is 0.0961. The molecule has 90 valence electrons. The molecule has 0 saturated carbocycles. The van der Waals surface area contributed by atoms with Gasteiger partial charge in [0.2, 0.25) is 0 Å². The van der Waals surface area contributed by atoms with Crippen molar-refractivity contribution in [3.05, 3.63) is 35.4 Å². The van der Waals surface area contributed by atoms with Crippen molar-refractivity contribution in [2.45, 2.75) is 26.2 Å². The zero-order valence-corrected chi connectivity index (χ0v) is 10.3. The van der Waals surface area contributed by atoms with Gasteiger partial charge in [-0.05, 0) is 43.9 Å². The molecule has 0 aliphatic rings. The summed E-state index contributed by atoms with van der Waals surface area (Å²) >= 11 is 0. The molecule has 0 bridgehead atoms. The Morgan fingerprint density at radius 2 is 2.29 bits per heavy atom. The van der Waals surface area contributed by atoms with Crippen molar-refractivity contribution in [1.29, 1.82) is 5.26 Å². The third kappa shape index (κ3) is 4.28. The van der Waals surface area contributed by atoms with E-state index >= 15 is 0 Å². The Labute approximate surface area is 102 Å². The van der Waals surface area contributed by atoms with Gasteiger partial charge in [-0.25, -0.2) is 4.79 Å². The lowest BCUT2D eigenvalue weighted by molar-refractivity contribution is 0.0600. The van der Waals surface area contributed by atoms with Crippen LogP contribution in [0.1, 0.15) is 35.7 Å². The Hall–Kier alpha value is -1.82. The van der Waals surface area contributed by atoms with Crippen LogP contribution in [0.15, 0.2) is 24.3 Å². The summed E-state index contributed by atoms with van der Waals surface area (Å²) in [6.45, 7) is 1.92. The molecule has 1 atom stereocenters. The molecule has 1 aromatic carbocycles. The van der Waals surface area contributed by atoms with Crippen LogP contribution in [-0.4, -0.2) is 13.1 Å². The van der Waals surface area contributed by atoms with E-state index in [4.69, 9.17) is 5.26 Å². The van der Waals surface area contributed by atoms with Gasteiger partial charge in [-0.3, -0.25) is 0 Å². The first kappa shape index (κ1) is 13.2. The van der Waals surface area contributed by atoms with E-state index in [0.717, 1.165) is 24.8 Å². The molecule has 17 heavy (non-hydrogen) atoms. The monoisotopic (exact) mass is 231 g/mol. The number of methoxy groups -OCH3 is 1. The highest BCUT2D eigenvalue weighted by Crippen LogP contribution is 2.12. The van der Waals surface area contributed by atoms with Crippen molar-refractivity contribution in [3.63, 3.8) is 0 Å². The van der Waals surface area contributed by atoms with Gasteiger partial charge in [-0.15, -0.1) is 0 Å². The van der Waals surface area contributed by atoms with Gasteiger partial charge < -0.3 is 4.74 Å². The Bertz CT molecular complexity index is 420. The Balaban J connectivity index is 2.55. The van der Waals surface area contributed by atoms with Gasteiger partial charge in [0.15, 0.2) is 0 Å². The number of nitriles is 1. The van der Waals surface area contributed by atoms with Gasteiger partial charge in [-0.2, -0.15) is 5.26 Å². The molecule has 0 aliphatic heterocycles. The largest absolute Gasteiger partial charge is 0.465 e. The molecule has 0 amide bonds. The van der Waals surface area contributed by atoms with Gasteiger partial charge >= 0.3 is 5.97 Å². The predicted molar refractivity (Wildman–Crippen MR) is 65.5 cm³/mol. The second-order valence-corrected chi connectivity index (χ2v) is 4.11. The van der Waals surface area contributed by atoms with Crippen molar-refractivity contribution in [3.8, 4) is 6.07 Å². The van der Waals surface area contributed by atoms with E-state index in [1.165, 1.54) is 7.11 Å². The smallest absolute Gasteiger partial charge is 0.337 e. The van der Waals surface area contributed by atoms with E-state index in [1.807, 2.05) is 25.1 Å². The van der Waals surface area contributed by atoms with Crippen molar-refractivity contribution >= 4 is 5.97 Å². The molecule has 1 rings (SSSR count). The maximum absolute atomic E-state index is 11.3. The highest BCUT2D eigenvalue weighted by molar-refractivity contribution is 5.89. The van der Waals surface area contributed by atoms with Crippen LogP contribution in [0.3, 0.4) is 0 Å². The fourth-order valence-electron chi connectivity index (χ4n) is 1.65. The third-order valence-corrected chi connectivity index (χ3v) is 2.67. The Kier molecular flexibility index (Phi) is 5.22. The van der Waals surface area contributed by atoms with Crippen LogP contribution in [0.4, 0.5) is 0 Å². The number of ether oxygens (including phenoxy) is 1. The molecular formula is C14H17NO2. The maximum Gasteiger partial charge on any atom is 0.337 e. The molecule has 1 aromatic rings. The number of carbonyl (C=O) groups is 1. The fourth-order valence-corrected chi connectivity index (χ4v) is 1.65. The number of esters is 1. The first-order valence-corrected chi connectivity index (χ1v) is 5.74. The minimum atomic E-state index is -0.308. The number of aryl methyl sites for hydroxylation is 1.